The zero-order valence-corrected chi connectivity index (χ0v) is 16.8. The maximum atomic E-state index is 10.6. The Morgan fingerprint density at radius 1 is 1.07 bits per heavy atom. The van der Waals surface area contributed by atoms with E-state index in [1.54, 1.807) is 18.2 Å². The standard InChI is InChI=1S/C23H25ClO5/c24-19-12-7-5-10-17(19)23-28-15-16(9-3-1-2-4-14-21(26)27)22(29-23)18-11-6-8-13-20(18)25/h1-2,5-8,10-13,16,22-23,25H,3-4,9,14-15H2,(H,26,27). The van der Waals surface area contributed by atoms with Crippen molar-refractivity contribution in [3.05, 3.63) is 76.8 Å². The highest BCUT2D eigenvalue weighted by molar-refractivity contribution is 6.31. The highest BCUT2D eigenvalue weighted by Crippen LogP contribution is 2.43. The van der Waals surface area contributed by atoms with Crippen molar-refractivity contribution in [1.29, 1.82) is 0 Å². The van der Waals surface area contributed by atoms with Crippen LogP contribution in [-0.4, -0.2) is 22.8 Å². The Balaban J connectivity index is 1.72. The van der Waals surface area contributed by atoms with E-state index in [1.165, 1.54) is 0 Å². The highest BCUT2D eigenvalue weighted by Gasteiger charge is 2.35. The predicted molar refractivity (Wildman–Crippen MR) is 111 cm³/mol. The molecule has 0 bridgehead atoms. The quantitative estimate of drug-likeness (QED) is 0.544. The molecule has 2 aromatic rings. The summed E-state index contributed by atoms with van der Waals surface area (Å²) >= 11 is 6.31. The molecule has 154 valence electrons. The lowest BCUT2D eigenvalue weighted by molar-refractivity contribution is -0.245. The summed E-state index contributed by atoms with van der Waals surface area (Å²) in [5.41, 5.74) is 1.49. The fraction of sp³-hybridized carbons (Fsp3) is 0.348. The van der Waals surface area contributed by atoms with Crippen molar-refractivity contribution in [2.24, 2.45) is 5.92 Å². The first-order valence-electron chi connectivity index (χ1n) is 9.72. The lowest BCUT2D eigenvalue weighted by atomic mass is 9.90. The third-order valence-electron chi connectivity index (χ3n) is 4.96. The first kappa shape index (κ1) is 21.4. The second kappa shape index (κ2) is 10.4. The van der Waals surface area contributed by atoms with Gasteiger partial charge in [-0.15, -0.1) is 0 Å². The van der Waals surface area contributed by atoms with Gasteiger partial charge < -0.3 is 19.7 Å². The molecule has 2 N–H and O–H groups in total. The number of carboxylic acid groups (broad SMARTS) is 1. The molecule has 2 aromatic carbocycles. The summed E-state index contributed by atoms with van der Waals surface area (Å²) in [5.74, 6) is -0.556. The average Bonchev–Trinajstić information content (AvgIpc) is 2.71. The molecule has 6 heteroatoms. The molecule has 29 heavy (non-hydrogen) atoms. The number of carbonyl (C=O) groups is 1. The van der Waals surface area contributed by atoms with E-state index in [4.69, 9.17) is 26.2 Å². The number of allylic oxidation sites excluding steroid dienone is 2. The van der Waals surface area contributed by atoms with Crippen LogP contribution < -0.4 is 0 Å². The van der Waals surface area contributed by atoms with Crippen LogP contribution in [0, 0.1) is 5.92 Å². The van der Waals surface area contributed by atoms with Gasteiger partial charge in [0.25, 0.3) is 0 Å². The van der Waals surface area contributed by atoms with Gasteiger partial charge in [-0.05, 0) is 31.4 Å². The van der Waals surface area contributed by atoms with Crippen molar-refractivity contribution in [1.82, 2.24) is 0 Å². The smallest absolute Gasteiger partial charge is 0.303 e. The topological polar surface area (TPSA) is 76.0 Å². The molecule has 0 spiro atoms. The van der Waals surface area contributed by atoms with Gasteiger partial charge in [0.15, 0.2) is 6.29 Å². The van der Waals surface area contributed by atoms with E-state index in [0.717, 1.165) is 24.0 Å². The lowest BCUT2D eigenvalue weighted by Gasteiger charge is -2.37. The van der Waals surface area contributed by atoms with Crippen LogP contribution in [0.1, 0.15) is 49.2 Å². The zero-order valence-electron chi connectivity index (χ0n) is 16.0. The van der Waals surface area contributed by atoms with Gasteiger partial charge in [0, 0.05) is 28.5 Å². The molecule has 1 saturated heterocycles. The minimum absolute atomic E-state index is 0.0474. The van der Waals surface area contributed by atoms with Gasteiger partial charge >= 0.3 is 5.97 Å². The van der Waals surface area contributed by atoms with Crippen LogP contribution in [0.5, 0.6) is 5.75 Å². The number of ether oxygens (including phenoxy) is 2. The van der Waals surface area contributed by atoms with Crippen molar-refractivity contribution < 1.29 is 24.5 Å². The summed E-state index contributed by atoms with van der Waals surface area (Å²) in [5, 5.41) is 19.6. The molecule has 0 saturated carbocycles. The van der Waals surface area contributed by atoms with Crippen LogP contribution in [0.4, 0.5) is 0 Å². The van der Waals surface area contributed by atoms with Crippen LogP contribution in [-0.2, 0) is 14.3 Å². The Morgan fingerprint density at radius 2 is 1.76 bits per heavy atom. The summed E-state index contributed by atoms with van der Waals surface area (Å²) in [4.78, 5) is 10.6. The Morgan fingerprint density at radius 3 is 2.48 bits per heavy atom. The average molecular weight is 417 g/mol. The number of halogens is 1. The van der Waals surface area contributed by atoms with Gasteiger partial charge in [-0.25, -0.2) is 0 Å². The van der Waals surface area contributed by atoms with Crippen molar-refractivity contribution >= 4 is 17.6 Å². The third-order valence-corrected chi connectivity index (χ3v) is 5.30. The molecule has 0 radical (unpaired) electrons. The third kappa shape index (κ3) is 5.82. The molecular formula is C23H25ClO5. The van der Waals surface area contributed by atoms with Crippen LogP contribution in [0.2, 0.25) is 5.02 Å². The summed E-state index contributed by atoms with van der Waals surface area (Å²) < 4.78 is 12.2. The normalized spacial score (nSPS) is 22.0. The van der Waals surface area contributed by atoms with E-state index >= 15 is 0 Å². The van der Waals surface area contributed by atoms with Crippen LogP contribution >= 0.6 is 11.6 Å². The van der Waals surface area contributed by atoms with Gasteiger partial charge in [0.1, 0.15) is 5.75 Å². The molecule has 3 unspecified atom stereocenters. The van der Waals surface area contributed by atoms with Crippen LogP contribution in [0.15, 0.2) is 60.7 Å². The van der Waals surface area contributed by atoms with E-state index in [1.807, 2.05) is 42.5 Å². The lowest BCUT2D eigenvalue weighted by Crippen LogP contribution is -2.30. The molecule has 1 aliphatic heterocycles. The fourth-order valence-electron chi connectivity index (χ4n) is 3.45. The monoisotopic (exact) mass is 416 g/mol. The molecule has 3 atom stereocenters. The Bertz CT molecular complexity index is 851. The second-order valence-corrected chi connectivity index (χ2v) is 7.45. The van der Waals surface area contributed by atoms with Gasteiger partial charge in [-0.3, -0.25) is 4.79 Å². The summed E-state index contributed by atoms with van der Waals surface area (Å²) in [7, 11) is 0. The van der Waals surface area contributed by atoms with Crippen molar-refractivity contribution in [2.45, 2.75) is 38.1 Å². The number of phenolic OH excluding ortho intramolecular Hbond substituents is 1. The maximum absolute atomic E-state index is 10.6. The summed E-state index contributed by atoms with van der Waals surface area (Å²) in [6.07, 6.45) is 5.16. The number of rotatable bonds is 8. The number of para-hydroxylation sites is 1. The molecule has 1 aliphatic rings. The fourth-order valence-corrected chi connectivity index (χ4v) is 3.68. The van der Waals surface area contributed by atoms with Gasteiger partial charge in [0.05, 0.1) is 12.7 Å². The van der Waals surface area contributed by atoms with Crippen molar-refractivity contribution in [3.63, 3.8) is 0 Å². The van der Waals surface area contributed by atoms with Gasteiger partial charge in [0.2, 0.25) is 0 Å². The summed E-state index contributed by atoms with van der Waals surface area (Å²) in [6.45, 7) is 0.470. The molecule has 0 amide bonds. The van der Waals surface area contributed by atoms with Gasteiger partial charge in [-0.2, -0.15) is 0 Å². The molecular weight excluding hydrogens is 392 g/mol. The number of aliphatic carboxylic acids is 1. The first-order chi connectivity index (χ1) is 14.1. The molecule has 1 heterocycles. The van der Waals surface area contributed by atoms with E-state index < -0.39 is 12.3 Å². The molecule has 0 aromatic heterocycles. The second-order valence-electron chi connectivity index (χ2n) is 7.04. The largest absolute Gasteiger partial charge is 0.508 e. The number of hydrogen-bond acceptors (Lipinski definition) is 4. The minimum atomic E-state index is -0.797. The van der Waals surface area contributed by atoms with Crippen molar-refractivity contribution in [3.8, 4) is 5.75 Å². The number of aromatic hydroxyl groups is 1. The molecule has 3 rings (SSSR count). The zero-order chi connectivity index (χ0) is 20.6. The molecule has 5 nitrogen and oxygen atoms in total. The Kier molecular flexibility index (Phi) is 7.69. The number of benzene rings is 2. The minimum Gasteiger partial charge on any atom is -0.508 e. The van der Waals surface area contributed by atoms with Gasteiger partial charge in [-0.1, -0.05) is 60.2 Å². The maximum Gasteiger partial charge on any atom is 0.303 e. The first-order valence-corrected chi connectivity index (χ1v) is 10.1. The van der Waals surface area contributed by atoms with Crippen molar-refractivity contribution in [2.75, 3.05) is 6.61 Å². The Labute approximate surface area is 175 Å². The summed E-state index contributed by atoms with van der Waals surface area (Å²) in [6, 6.07) is 14.6. The van der Waals surface area contributed by atoms with E-state index in [9.17, 15) is 9.90 Å². The van der Waals surface area contributed by atoms with Crippen LogP contribution in [0.3, 0.4) is 0 Å². The molecule has 0 aliphatic carbocycles. The number of phenols is 1. The van der Waals surface area contributed by atoms with E-state index in [0.29, 0.717) is 18.1 Å². The Hall–Kier alpha value is -2.34. The van der Waals surface area contributed by atoms with E-state index in [2.05, 4.69) is 0 Å². The van der Waals surface area contributed by atoms with Crippen LogP contribution in [0.25, 0.3) is 0 Å². The SMILES string of the molecule is O=C(O)CCC=CCCC1COC(c2ccccc2Cl)OC1c1ccccc1O. The number of carboxylic acids is 1. The molecule has 1 fully saturated rings. The number of hydrogen-bond donors (Lipinski definition) is 2. The van der Waals surface area contributed by atoms with E-state index in [-0.39, 0.29) is 24.2 Å². The highest BCUT2D eigenvalue weighted by atomic mass is 35.5. The predicted octanol–water partition coefficient (Wildman–Crippen LogP) is 5.65.